The van der Waals surface area contributed by atoms with E-state index in [1.807, 2.05) is 61.5 Å². The molecule has 7 nitrogen and oxygen atoms in total. The molecule has 0 saturated carbocycles. The fraction of sp³-hybridized carbons (Fsp3) is 0.292. The highest BCUT2D eigenvalue weighted by atomic mass is 16.5. The third-order valence-corrected chi connectivity index (χ3v) is 5.24. The van der Waals surface area contributed by atoms with Crippen molar-refractivity contribution in [2.24, 2.45) is 0 Å². The molecule has 3 aromatic rings. The number of nitrogens with zero attached hydrogens (tertiary/aromatic N) is 3. The Kier molecular flexibility index (Phi) is 6.31. The summed E-state index contributed by atoms with van der Waals surface area (Å²) in [7, 11) is 1.61. The van der Waals surface area contributed by atoms with Gasteiger partial charge >= 0.3 is 0 Å². The van der Waals surface area contributed by atoms with Crippen LogP contribution in [0.1, 0.15) is 24.2 Å². The van der Waals surface area contributed by atoms with Crippen LogP contribution in [0.4, 0.5) is 23.0 Å². The van der Waals surface area contributed by atoms with Crippen LogP contribution in [0.25, 0.3) is 0 Å². The number of aromatic nitrogens is 2. The summed E-state index contributed by atoms with van der Waals surface area (Å²) in [5, 5.41) is 6.27. The molecule has 160 valence electrons. The zero-order valence-electron chi connectivity index (χ0n) is 17.9. The number of para-hydroxylation sites is 1. The molecule has 0 aliphatic carbocycles. The number of ether oxygens (including phenoxy) is 1. The molecule has 0 radical (unpaired) electrons. The molecular formula is C24H27N5O2. The summed E-state index contributed by atoms with van der Waals surface area (Å²) in [5.41, 5.74) is 2.49. The third-order valence-electron chi connectivity index (χ3n) is 5.24. The Morgan fingerprint density at radius 2 is 1.74 bits per heavy atom. The van der Waals surface area contributed by atoms with Gasteiger partial charge < -0.3 is 20.3 Å². The van der Waals surface area contributed by atoms with Gasteiger partial charge in [-0.25, -0.2) is 9.97 Å². The number of rotatable bonds is 7. The lowest BCUT2D eigenvalue weighted by molar-refractivity contribution is -0.115. The summed E-state index contributed by atoms with van der Waals surface area (Å²) in [6, 6.07) is 17.1. The van der Waals surface area contributed by atoms with Gasteiger partial charge in [-0.05, 0) is 50.1 Å². The van der Waals surface area contributed by atoms with Crippen molar-refractivity contribution in [3.8, 4) is 5.75 Å². The SMILES string of the molecule is COc1ccccc1CC(=O)Nc1ccc(Nc2cc(N3CCCC3)nc(C)n2)cc1. The molecule has 0 unspecified atom stereocenters. The van der Waals surface area contributed by atoms with E-state index in [1.54, 1.807) is 7.11 Å². The van der Waals surface area contributed by atoms with E-state index in [4.69, 9.17) is 4.74 Å². The summed E-state index contributed by atoms with van der Waals surface area (Å²) in [6.45, 7) is 3.99. The van der Waals surface area contributed by atoms with Crippen molar-refractivity contribution < 1.29 is 9.53 Å². The van der Waals surface area contributed by atoms with Gasteiger partial charge in [-0.15, -0.1) is 0 Å². The van der Waals surface area contributed by atoms with Gasteiger partial charge in [0.1, 0.15) is 23.2 Å². The second-order valence-corrected chi connectivity index (χ2v) is 7.59. The predicted octanol–water partition coefficient (Wildman–Crippen LogP) is 4.32. The molecular weight excluding hydrogens is 390 g/mol. The molecule has 4 rings (SSSR count). The van der Waals surface area contributed by atoms with Crippen LogP contribution in [-0.4, -0.2) is 36.1 Å². The molecule has 7 heteroatoms. The minimum atomic E-state index is -0.0908. The second-order valence-electron chi connectivity index (χ2n) is 7.59. The number of methoxy groups -OCH3 is 1. The van der Waals surface area contributed by atoms with Crippen molar-refractivity contribution in [2.75, 3.05) is 35.7 Å². The lowest BCUT2D eigenvalue weighted by Gasteiger charge is -2.18. The normalized spacial score (nSPS) is 13.2. The molecule has 31 heavy (non-hydrogen) atoms. The number of benzene rings is 2. The Balaban J connectivity index is 1.39. The Bertz CT molecular complexity index is 1050. The zero-order valence-corrected chi connectivity index (χ0v) is 17.9. The summed E-state index contributed by atoms with van der Waals surface area (Å²) < 4.78 is 5.32. The van der Waals surface area contributed by atoms with Crippen molar-refractivity contribution in [3.63, 3.8) is 0 Å². The molecule has 1 fully saturated rings. The number of carbonyl (C=O) groups is 1. The number of anilines is 4. The number of amides is 1. The van der Waals surface area contributed by atoms with Gasteiger partial charge in [0.2, 0.25) is 5.91 Å². The first-order chi connectivity index (χ1) is 15.1. The molecule has 1 aliphatic heterocycles. The van der Waals surface area contributed by atoms with E-state index in [1.165, 1.54) is 12.8 Å². The van der Waals surface area contributed by atoms with E-state index in [0.717, 1.165) is 47.5 Å². The minimum absolute atomic E-state index is 0.0908. The topological polar surface area (TPSA) is 79.4 Å². The van der Waals surface area contributed by atoms with Gasteiger partial charge in [-0.3, -0.25) is 4.79 Å². The molecule has 0 atom stereocenters. The maximum atomic E-state index is 12.4. The zero-order chi connectivity index (χ0) is 21.6. The standard InChI is InChI=1S/C24H27N5O2/c1-17-25-22(16-23(26-17)29-13-5-6-14-29)27-19-9-11-20(12-10-19)28-24(30)15-18-7-3-4-8-21(18)31-2/h3-4,7-12,16H,5-6,13-15H2,1-2H3,(H,28,30)(H,25,26,27). The van der Waals surface area contributed by atoms with E-state index in [-0.39, 0.29) is 12.3 Å². The van der Waals surface area contributed by atoms with Crippen molar-refractivity contribution in [3.05, 3.63) is 66.0 Å². The predicted molar refractivity (Wildman–Crippen MR) is 123 cm³/mol. The quantitative estimate of drug-likeness (QED) is 0.596. The number of hydrogen-bond acceptors (Lipinski definition) is 6. The maximum absolute atomic E-state index is 12.4. The minimum Gasteiger partial charge on any atom is -0.496 e. The Hall–Kier alpha value is -3.61. The fourth-order valence-corrected chi connectivity index (χ4v) is 3.74. The third kappa shape index (κ3) is 5.31. The second kappa shape index (κ2) is 9.47. The summed E-state index contributed by atoms with van der Waals surface area (Å²) in [4.78, 5) is 23.8. The average molecular weight is 418 g/mol. The molecule has 0 bridgehead atoms. The van der Waals surface area contributed by atoms with Crippen LogP contribution in [0.3, 0.4) is 0 Å². The molecule has 0 spiro atoms. The van der Waals surface area contributed by atoms with E-state index in [0.29, 0.717) is 5.75 Å². The number of carbonyl (C=O) groups excluding carboxylic acids is 1. The van der Waals surface area contributed by atoms with Gasteiger partial charge in [0.15, 0.2) is 0 Å². The Morgan fingerprint density at radius 1 is 1.03 bits per heavy atom. The van der Waals surface area contributed by atoms with Gasteiger partial charge in [0.05, 0.1) is 13.5 Å². The van der Waals surface area contributed by atoms with Gasteiger partial charge in [0, 0.05) is 36.1 Å². The van der Waals surface area contributed by atoms with E-state index in [9.17, 15) is 4.79 Å². The monoisotopic (exact) mass is 417 g/mol. The van der Waals surface area contributed by atoms with Gasteiger partial charge in [-0.2, -0.15) is 0 Å². The highest BCUT2D eigenvalue weighted by molar-refractivity contribution is 5.92. The lowest BCUT2D eigenvalue weighted by atomic mass is 10.1. The summed E-state index contributed by atoms with van der Waals surface area (Å²) >= 11 is 0. The molecule has 2 aromatic carbocycles. The highest BCUT2D eigenvalue weighted by Gasteiger charge is 2.15. The van der Waals surface area contributed by atoms with Crippen LogP contribution in [0.2, 0.25) is 0 Å². The number of nitrogens with one attached hydrogen (secondary N) is 2. The molecule has 1 saturated heterocycles. The van der Waals surface area contributed by atoms with E-state index >= 15 is 0 Å². The molecule has 2 N–H and O–H groups in total. The van der Waals surface area contributed by atoms with Crippen molar-refractivity contribution in [1.82, 2.24) is 9.97 Å². The van der Waals surface area contributed by atoms with Crippen molar-refractivity contribution in [1.29, 1.82) is 0 Å². The van der Waals surface area contributed by atoms with Crippen LogP contribution < -0.4 is 20.3 Å². The molecule has 2 heterocycles. The van der Waals surface area contributed by atoms with Crippen LogP contribution in [-0.2, 0) is 11.2 Å². The van der Waals surface area contributed by atoms with Crippen molar-refractivity contribution in [2.45, 2.75) is 26.2 Å². The Morgan fingerprint density at radius 3 is 2.48 bits per heavy atom. The lowest BCUT2D eigenvalue weighted by Crippen LogP contribution is -2.19. The van der Waals surface area contributed by atoms with Crippen LogP contribution >= 0.6 is 0 Å². The number of hydrogen-bond donors (Lipinski definition) is 2. The van der Waals surface area contributed by atoms with Gasteiger partial charge in [-0.1, -0.05) is 18.2 Å². The summed E-state index contributed by atoms with van der Waals surface area (Å²) in [6.07, 6.45) is 2.66. The van der Waals surface area contributed by atoms with Crippen LogP contribution in [0.15, 0.2) is 54.6 Å². The van der Waals surface area contributed by atoms with E-state index in [2.05, 4.69) is 25.5 Å². The smallest absolute Gasteiger partial charge is 0.228 e. The van der Waals surface area contributed by atoms with Crippen LogP contribution in [0, 0.1) is 6.92 Å². The first-order valence-corrected chi connectivity index (χ1v) is 10.5. The van der Waals surface area contributed by atoms with Crippen LogP contribution in [0.5, 0.6) is 5.75 Å². The molecule has 1 aliphatic rings. The fourth-order valence-electron chi connectivity index (χ4n) is 3.74. The largest absolute Gasteiger partial charge is 0.496 e. The number of aryl methyl sites for hydroxylation is 1. The average Bonchev–Trinajstić information content (AvgIpc) is 3.30. The molecule has 1 amide bonds. The van der Waals surface area contributed by atoms with Crippen molar-refractivity contribution >= 4 is 28.9 Å². The van der Waals surface area contributed by atoms with Gasteiger partial charge in [0.25, 0.3) is 0 Å². The van der Waals surface area contributed by atoms with E-state index < -0.39 is 0 Å². The Labute approximate surface area is 182 Å². The first kappa shape index (κ1) is 20.7. The first-order valence-electron chi connectivity index (χ1n) is 10.5. The summed E-state index contributed by atoms with van der Waals surface area (Å²) in [5.74, 6) is 3.10. The molecule has 1 aromatic heterocycles. The highest BCUT2D eigenvalue weighted by Crippen LogP contribution is 2.24. The maximum Gasteiger partial charge on any atom is 0.228 e.